The van der Waals surface area contributed by atoms with E-state index < -0.39 is 0 Å². The highest BCUT2D eigenvalue weighted by atomic mass is 14.9. The molecular formula is C8H22N2. The summed E-state index contributed by atoms with van der Waals surface area (Å²) in [5, 5.41) is 3.21. The molecule has 0 radical (unpaired) electrons. The monoisotopic (exact) mass is 146 g/mol. The van der Waals surface area contributed by atoms with E-state index in [9.17, 15) is 0 Å². The summed E-state index contributed by atoms with van der Waals surface area (Å²) >= 11 is 0. The van der Waals surface area contributed by atoms with E-state index in [1.54, 1.807) is 0 Å². The second kappa shape index (κ2) is 8.92. The molecule has 0 amide bonds. The van der Waals surface area contributed by atoms with Gasteiger partial charge in [-0.2, -0.15) is 0 Å². The van der Waals surface area contributed by atoms with Crippen LogP contribution in [0, 0.1) is 0 Å². The van der Waals surface area contributed by atoms with Gasteiger partial charge in [0.1, 0.15) is 0 Å². The number of rotatable bonds is 2. The second-order valence-corrected chi connectivity index (χ2v) is 2.96. The van der Waals surface area contributed by atoms with Crippen LogP contribution in [0.4, 0.5) is 0 Å². The van der Waals surface area contributed by atoms with E-state index in [4.69, 9.17) is 5.73 Å². The van der Waals surface area contributed by atoms with Gasteiger partial charge in [-0.1, -0.05) is 34.6 Å². The van der Waals surface area contributed by atoms with E-state index in [0.29, 0.717) is 12.1 Å². The summed E-state index contributed by atoms with van der Waals surface area (Å²) in [7, 11) is 0. The summed E-state index contributed by atoms with van der Waals surface area (Å²) in [6.07, 6.45) is 0. The number of nitrogens with one attached hydrogen (secondary N) is 1. The lowest BCUT2D eigenvalue weighted by Crippen LogP contribution is -2.21. The van der Waals surface area contributed by atoms with E-state index in [0.717, 1.165) is 6.54 Å². The van der Waals surface area contributed by atoms with E-state index in [2.05, 4.69) is 26.1 Å². The average molecular weight is 146 g/mol. The fourth-order valence-corrected chi connectivity index (χ4v) is 0.408. The van der Waals surface area contributed by atoms with Gasteiger partial charge >= 0.3 is 0 Å². The molecule has 0 aliphatic carbocycles. The molecule has 0 aliphatic rings. The van der Waals surface area contributed by atoms with Crippen LogP contribution in [-0.2, 0) is 0 Å². The van der Waals surface area contributed by atoms with Crippen LogP contribution in [0.2, 0.25) is 0 Å². The molecule has 0 fully saturated rings. The third-order valence-corrected chi connectivity index (χ3v) is 0.612. The van der Waals surface area contributed by atoms with Crippen LogP contribution >= 0.6 is 0 Å². The highest BCUT2D eigenvalue weighted by Crippen LogP contribution is 1.70. The maximum Gasteiger partial charge on any atom is 0.00102 e. The lowest BCUT2D eigenvalue weighted by atomic mass is 10.4. The molecule has 0 aromatic rings. The smallest absolute Gasteiger partial charge is 0.00102 e. The molecule has 3 N–H and O–H groups in total. The van der Waals surface area contributed by atoms with Gasteiger partial charge in [0.25, 0.3) is 0 Å². The molecule has 2 nitrogen and oxygen atoms in total. The molecule has 0 aliphatic heterocycles. The van der Waals surface area contributed by atoms with Crippen LogP contribution in [0.15, 0.2) is 0 Å². The lowest BCUT2D eigenvalue weighted by molar-refractivity contribution is 0.613. The van der Waals surface area contributed by atoms with Crippen molar-refractivity contribution < 1.29 is 0 Å². The molecule has 64 valence electrons. The van der Waals surface area contributed by atoms with E-state index >= 15 is 0 Å². The Labute approximate surface area is 65.2 Å². The number of hydrogen-bond donors (Lipinski definition) is 2. The van der Waals surface area contributed by atoms with Gasteiger partial charge in [0.05, 0.1) is 0 Å². The van der Waals surface area contributed by atoms with E-state index in [-0.39, 0.29) is 0 Å². The van der Waals surface area contributed by atoms with Crippen LogP contribution in [0.5, 0.6) is 0 Å². The number of nitrogens with two attached hydrogens (primary N) is 1. The largest absolute Gasteiger partial charge is 0.328 e. The molecular weight excluding hydrogens is 124 g/mol. The predicted octanol–water partition coefficient (Wildman–Crippen LogP) is 1.36. The number of hydrogen-bond acceptors (Lipinski definition) is 2. The fourth-order valence-electron chi connectivity index (χ4n) is 0.408. The van der Waals surface area contributed by atoms with Crippen molar-refractivity contribution in [3.8, 4) is 0 Å². The van der Waals surface area contributed by atoms with Gasteiger partial charge in [-0.15, -0.1) is 0 Å². The highest BCUT2D eigenvalue weighted by molar-refractivity contribution is 4.46. The Hall–Kier alpha value is -0.0800. The van der Waals surface area contributed by atoms with Crippen molar-refractivity contribution in [1.29, 1.82) is 0 Å². The van der Waals surface area contributed by atoms with E-state index in [1.807, 2.05) is 13.8 Å². The summed E-state index contributed by atoms with van der Waals surface area (Å²) in [5.41, 5.74) is 5.11. The molecule has 0 saturated carbocycles. The molecule has 0 spiro atoms. The van der Waals surface area contributed by atoms with Gasteiger partial charge in [-0.25, -0.2) is 0 Å². The Morgan fingerprint density at radius 2 is 1.50 bits per heavy atom. The minimum Gasteiger partial charge on any atom is -0.328 e. The first-order valence-electron chi connectivity index (χ1n) is 3.99. The van der Waals surface area contributed by atoms with Crippen molar-refractivity contribution in [3.05, 3.63) is 0 Å². The Kier molecular flexibility index (Phi) is 11.2. The summed E-state index contributed by atoms with van der Waals surface area (Å²) in [6.45, 7) is 11.4. The molecule has 0 bridgehead atoms. The Balaban J connectivity index is 0. The summed E-state index contributed by atoms with van der Waals surface area (Å²) in [4.78, 5) is 0. The second-order valence-electron chi connectivity index (χ2n) is 2.96. The minimum atomic E-state index is 0.333. The Bertz CT molecular complexity index is 48.5. The standard InChI is InChI=1S/C5H13N.C3H9N/c1-4-6-5(2)3;1-3(2)4/h5-6H,4H2,1-3H3;3H,4H2,1-2H3. The lowest BCUT2D eigenvalue weighted by Gasteiger charge is -2.00. The highest BCUT2D eigenvalue weighted by Gasteiger charge is 1.82. The van der Waals surface area contributed by atoms with Crippen molar-refractivity contribution in [2.24, 2.45) is 5.73 Å². The molecule has 0 atom stereocenters. The van der Waals surface area contributed by atoms with Gasteiger partial charge in [0.2, 0.25) is 0 Å². The van der Waals surface area contributed by atoms with Gasteiger partial charge in [-0.3, -0.25) is 0 Å². The van der Waals surface area contributed by atoms with Gasteiger partial charge in [0.15, 0.2) is 0 Å². The van der Waals surface area contributed by atoms with Crippen LogP contribution < -0.4 is 11.1 Å². The molecule has 0 saturated heterocycles. The van der Waals surface area contributed by atoms with Crippen molar-refractivity contribution in [3.63, 3.8) is 0 Å². The quantitative estimate of drug-likeness (QED) is 0.617. The van der Waals surface area contributed by atoms with E-state index in [1.165, 1.54) is 0 Å². The predicted molar refractivity (Wildman–Crippen MR) is 48.1 cm³/mol. The van der Waals surface area contributed by atoms with Crippen LogP contribution in [-0.4, -0.2) is 18.6 Å². The van der Waals surface area contributed by atoms with Crippen molar-refractivity contribution >= 4 is 0 Å². The fraction of sp³-hybridized carbons (Fsp3) is 1.00. The Morgan fingerprint density at radius 1 is 1.20 bits per heavy atom. The van der Waals surface area contributed by atoms with Crippen LogP contribution in [0.25, 0.3) is 0 Å². The molecule has 10 heavy (non-hydrogen) atoms. The summed E-state index contributed by atoms with van der Waals surface area (Å²) < 4.78 is 0. The van der Waals surface area contributed by atoms with Crippen molar-refractivity contribution in [2.75, 3.05) is 6.54 Å². The van der Waals surface area contributed by atoms with Gasteiger partial charge < -0.3 is 11.1 Å². The van der Waals surface area contributed by atoms with Crippen LogP contribution in [0.3, 0.4) is 0 Å². The SMILES string of the molecule is CC(C)N.CCNC(C)C. The maximum atomic E-state index is 5.11. The zero-order valence-corrected chi connectivity index (χ0v) is 7.94. The Morgan fingerprint density at radius 3 is 1.50 bits per heavy atom. The minimum absolute atomic E-state index is 0.333. The molecule has 0 aromatic carbocycles. The maximum absolute atomic E-state index is 5.11. The molecule has 2 heteroatoms. The average Bonchev–Trinajstić information content (AvgIpc) is 1.62. The first-order chi connectivity index (χ1) is 4.50. The zero-order valence-electron chi connectivity index (χ0n) is 7.94. The normalized spacial score (nSPS) is 9.60. The first kappa shape index (κ1) is 12.6. The van der Waals surface area contributed by atoms with Crippen molar-refractivity contribution in [1.82, 2.24) is 5.32 Å². The van der Waals surface area contributed by atoms with Crippen LogP contribution in [0.1, 0.15) is 34.6 Å². The molecule has 0 heterocycles. The van der Waals surface area contributed by atoms with Crippen molar-refractivity contribution in [2.45, 2.75) is 46.7 Å². The first-order valence-corrected chi connectivity index (χ1v) is 3.99. The third-order valence-electron chi connectivity index (χ3n) is 0.612. The van der Waals surface area contributed by atoms with Gasteiger partial charge in [0, 0.05) is 6.04 Å². The molecule has 0 aromatic heterocycles. The molecule has 0 rings (SSSR count). The summed E-state index contributed by atoms with van der Waals surface area (Å²) in [5.74, 6) is 0. The molecule has 0 unspecified atom stereocenters. The third kappa shape index (κ3) is 44.5. The topological polar surface area (TPSA) is 38.0 Å². The summed E-state index contributed by atoms with van der Waals surface area (Å²) in [6, 6.07) is 0.981. The van der Waals surface area contributed by atoms with Gasteiger partial charge in [-0.05, 0) is 12.6 Å². The zero-order chi connectivity index (χ0) is 8.57.